The summed E-state index contributed by atoms with van der Waals surface area (Å²) >= 11 is 1.57. The molecule has 2 aromatic heterocycles. The van der Waals surface area contributed by atoms with E-state index >= 15 is 0 Å². The summed E-state index contributed by atoms with van der Waals surface area (Å²) in [5, 5.41) is 17.2. The normalized spacial score (nSPS) is 19.3. The Hall–Kier alpha value is -3.04. The molecule has 9 heteroatoms. The van der Waals surface area contributed by atoms with Gasteiger partial charge in [0.2, 0.25) is 11.8 Å². The van der Waals surface area contributed by atoms with Crippen LogP contribution >= 0.6 is 11.3 Å². The Labute approximate surface area is 203 Å². The molecule has 2 N–H and O–H groups in total. The highest BCUT2D eigenvalue weighted by Crippen LogP contribution is 2.38. The first-order valence-corrected chi connectivity index (χ1v) is 12.2. The quantitative estimate of drug-likeness (QED) is 0.557. The lowest BCUT2D eigenvalue weighted by atomic mass is 9.78. The van der Waals surface area contributed by atoms with E-state index in [1.807, 2.05) is 51.2 Å². The highest BCUT2D eigenvalue weighted by atomic mass is 32.1. The number of aliphatic hydroxyl groups is 1. The molecule has 0 aliphatic carbocycles. The summed E-state index contributed by atoms with van der Waals surface area (Å²) in [4.78, 5) is 33.4. The van der Waals surface area contributed by atoms with Gasteiger partial charge in [0, 0.05) is 31.8 Å². The van der Waals surface area contributed by atoms with Crippen molar-refractivity contribution in [1.29, 1.82) is 0 Å². The van der Waals surface area contributed by atoms with Crippen LogP contribution in [0.2, 0.25) is 0 Å². The fourth-order valence-corrected chi connectivity index (χ4v) is 4.99. The van der Waals surface area contributed by atoms with Crippen molar-refractivity contribution >= 4 is 23.2 Å². The van der Waals surface area contributed by atoms with Crippen LogP contribution in [0, 0.1) is 12.3 Å². The third-order valence-electron chi connectivity index (χ3n) is 6.05. The molecular weight excluding hydrogens is 452 g/mol. The number of likely N-dealkylation sites (tertiary alicyclic amines) is 1. The number of carbonyl (C=O) groups is 2. The summed E-state index contributed by atoms with van der Waals surface area (Å²) < 4.78 is 5.43. The Kier molecular flexibility index (Phi) is 6.86. The Morgan fingerprint density at radius 2 is 2.03 bits per heavy atom. The lowest BCUT2D eigenvalue weighted by Crippen LogP contribution is -2.49. The minimum absolute atomic E-state index is 0.111. The molecular formula is C25H30N4O4S. The number of rotatable bonds is 6. The average Bonchev–Trinajstić information content (AvgIpc) is 3.53. The van der Waals surface area contributed by atoms with Crippen LogP contribution in [0.4, 0.5) is 0 Å². The average molecular weight is 483 g/mol. The van der Waals surface area contributed by atoms with Gasteiger partial charge >= 0.3 is 0 Å². The number of aromatic nitrogens is 2. The monoisotopic (exact) mass is 482 g/mol. The first-order valence-electron chi connectivity index (χ1n) is 11.3. The van der Waals surface area contributed by atoms with Gasteiger partial charge in [-0.15, -0.1) is 11.3 Å². The molecule has 0 saturated carbocycles. The number of aliphatic hydroxyl groups excluding tert-OH is 1. The number of thiazole rings is 1. The Morgan fingerprint density at radius 3 is 2.62 bits per heavy atom. The molecule has 2 amide bonds. The van der Waals surface area contributed by atoms with Crippen LogP contribution in [0.1, 0.15) is 50.1 Å². The third-order valence-corrected chi connectivity index (χ3v) is 6.87. The molecule has 1 unspecified atom stereocenters. The fraction of sp³-hybridized carbons (Fsp3) is 0.440. The van der Waals surface area contributed by atoms with Gasteiger partial charge in [0.15, 0.2) is 0 Å². The molecule has 8 nitrogen and oxygen atoms in total. The number of amides is 2. The van der Waals surface area contributed by atoms with Gasteiger partial charge in [-0.2, -0.15) is 0 Å². The highest BCUT2D eigenvalue weighted by Gasteiger charge is 2.45. The summed E-state index contributed by atoms with van der Waals surface area (Å²) in [7, 11) is 0. The molecule has 1 fully saturated rings. The maximum atomic E-state index is 13.6. The SMILES string of the molecule is Cc1cc(C(C(=O)N2C[C@H](O)C[C@H]2C(=O)NCc2ccc(-c3cncs3)cc2)C(C)(C)C)on1. The second kappa shape index (κ2) is 9.68. The fourth-order valence-electron chi connectivity index (χ4n) is 4.36. The van der Waals surface area contributed by atoms with Gasteiger partial charge in [-0.1, -0.05) is 50.2 Å². The van der Waals surface area contributed by atoms with Crippen molar-refractivity contribution in [3.63, 3.8) is 0 Å². The summed E-state index contributed by atoms with van der Waals surface area (Å²) in [6, 6.07) is 8.93. The van der Waals surface area contributed by atoms with E-state index in [-0.39, 0.29) is 24.8 Å². The van der Waals surface area contributed by atoms with Crippen LogP contribution in [0.5, 0.6) is 0 Å². The molecule has 1 aliphatic heterocycles. The van der Waals surface area contributed by atoms with Crippen molar-refractivity contribution in [3.05, 3.63) is 59.1 Å². The van der Waals surface area contributed by atoms with Gasteiger partial charge in [0.05, 0.1) is 22.2 Å². The Morgan fingerprint density at radius 1 is 1.29 bits per heavy atom. The Bertz CT molecular complexity index is 1130. The first-order chi connectivity index (χ1) is 16.1. The summed E-state index contributed by atoms with van der Waals surface area (Å²) in [5.74, 6) is -0.669. The van der Waals surface area contributed by atoms with Crippen LogP contribution in [-0.4, -0.2) is 50.7 Å². The third kappa shape index (κ3) is 5.20. The van der Waals surface area contributed by atoms with E-state index in [9.17, 15) is 14.7 Å². The molecule has 180 valence electrons. The van der Waals surface area contributed by atoms with Gasteiger partial charge < -0.3 is 19.8 Å². The van der Waals surface area contributed by atoms with Crippen LogP contribution in [-0.2, 0) is 16.1 Å². The lowest BCUT2D eigenvalue weighted by molar-refractivity contribution is -0.142. The van der Waals surface area contributed by atoms with E-state index in [1.54, 1.807) is 29.8 Å². The smallest absolute Gasteiger partial charge is 0.243 e. The molecule has 4 rings (SSSR count). The number of hydrogen-bond donors (Lipinski definition) is 2. The number of nitrogens with one attached hydrogen (secondary N) is 1. The molecule has 3 aromatic rings. The highest BCUT2D eigenvalue weighted by molar-refractivity contribution is 7.13. The maximum absolute atomic E-state index is 13.6. The van der Waals surface area contributed by atoms with E-state index in [4.69, 9.17) is 4.52 Å². The van der Waals surface area contributed by atoms with E-state index in [2.05, 4.69) is 15.5 Å². The number of benzene rings is 1. The molecule has 0 radical (unpaired) electrons. The molecule has 3 atom stereocenters. The first kappa shape index (κ1) is 24.1. The number of aryl methyl sites for hydroxylation is 1. The van der Waals surface area contributed by atoms with Gasteiger partial charge in [-0.05, 0) is 23.5 Å². The topological polar surface area (TPSA) is 109 Å². The molecule has 34 heavy (non-hydrogen) atoms. The van der Waals surface area contributed by atoms with Crippen molar-refractivity contribution in [3.8, 4) is 10.4 Å². The number of hydrogen-bond acceptors (Lipinski definition) is 7. The van der Waals surface area contributed by atoms with Crippen molar-refractivity contribution in [2.24, 2.45) is 5.41 Å². The molecule has 1 aromatic carbocycles. The van der Waals surface area contributed by atoms with Crippen LogP contribution in [0.25, 0.3) is 10.4 Å². The predicted octanol–water partition coefficient (Wildman–Crippen LogP) is 3.51. The molecule has 0 spiro atoms. The van der Waals surface area contributed by atoms with Gasteiger partial charge in [0.1, 0.15) is 17.7 Å². The zero-order valence-electron chi connectivity index (χ0n) is 19.8. The molecule has 3 heterocycles. The van der Waals surface area contributed by atoms with Crippen molar-refractivity contribution in [2.75, 3.05) is 6.54 Å². The summed E-state index contributed by atoms with van der Waals surface area (Å²) in [6.07, 6.45) is 1.27. The van der Waals surface area contributed by atoms with Crippen LogP contribution < -0.4 is 5.32 Å². The molecule has 0 bridgehead atoms. The van der Waals surface area contributed by atoms with Crippen LogP contribution in [0.15, 0.2) is 46.6 Å². The second-order valence-electron chi connectivity index (χ2n) is 9.85. The predicted molar refractivity (Wildman–Crippen MR) is 129 cm³/mol. The van der Waals surface area contributed by atoms with Gasteiger partial charge in [-0.3, -0.25) is 14.6 Å². The molecule has 1 saturated heterocycles. The summed E-state index contributed by atoms with van der Waals surface area (Å²) in [5.41, 5.74) is 4.04. The van der Waals surface area contributed by atoms with Crippen LogP contribution in [0.3, 0.4) is 0 Å². The van der Waals surface area contributed by atoms with Gasteiger partial charge in [0.25, 0.3) is 0 Å². The van der Waals surface area contributed by atoms with E-state index < -0.39 is 23.5 Å². The second-order valence-corrected chi connectivity index (χ2v) is 10.7. The lowest BCUT2D eigenvalue weighted by Gasteiger charge is -2.33. The number of nitrogens with zero attached hydrogens (tertiary/aromatic N) is 3. The summed E-state index contributed by atoms with van der Waals surface area (Å²) in [6.45, 7) is 8.10. The van der Waals surface area contributed by atoms with Gasteiger partial charge in [-0.25, -0.2) is 0 Å². The van der Waals surface area contributed by atoms with E-state index in [0.717, 1.165) is 16.0 Å². The van der Waals surface area contributed by atoms with E-state index in [0.29, 0.717) is 18.0 Å². The standard InChI is InChI=1S/C25H30N4O4S/c1-15-9-20(33-28-15)22(25(2,3)4)24(32)29-13-18(30)10-19(29)23(31)27-11-16-5-7-17(8-6-16)21-12-26-14-34-21/h5-9,12,14,18-19,22,30H,10-11,13H2,1-4H3,(H,27,31)/t18-,19+,22?/m1/s1. The van der Waals surface area contributed by atoms with E-state index in [1.165, 1.54) is 4.90 Å². The maximum Gasteiger partial charge on any atom is 0.243 e. The minimum atomic E-state index is -0.754. The van der Waals surface area contributed by atoms with Crippen molar-refractivity contribution in [1.82, 2.24) is 20.4 Å². The number of β-amino-alcohol motifs (C(OH)–C–C–N with tert-alkyl or cyclic N) is 1. The van der Waals surface area contributed by atoms with Crippen molar-refractivity contribution in [2.45, 2.75) is 58.7 Å². The minimum Gasteiger partial charge on any atom is -0.391 e. The molecule has 1 aliphatic rings. The zero-order chi connectivity index (χ0) is 24.5. The Balaban J connectivity index is 1.46. The van der Waals surface area contributed by atoms with Crippen molar-refractivity contribution < 1.29 is 19.2 Å². The zero-order valence-corrected chi connectivity index (χ0v) is 20.6. The largest absolute Gasteiger partial charge is 0.391 e. The number of carbonyl (C=O) groups excluding carboxylic acids is 2.